The maximum absolute atomic E-state index is 5.23. The van der Waals surface area contributed by atoms with Crippen LogP contribution in [0.2, 0.25) is 0 Å². The van der Waals surface area contributed by atoms with Gasteiger partial charge in [0.1, 0.15) is 5.75 Å². The number of benzene rings is 1. The van der Waals surface area contributed by atoms with E-state index in [1.165, 1.54) is 5.56 Å². The van der Waals surface area contributed by atoms with E-state index in [0.717, 1.165) is 37.5 Å². The highest BCUT2D eigenvalue weighted by molar-refractivity contribution is 5.28. The number of likely N-dealkylation sites (N-methyl/N-ethyl adjacent to an activating group) is 1. The van der Waals surface area contributed by atoms with Gasteiger partial charge in [0.2, 0.25) is 0 Å². The first-order chi connectivity index (χ1) is 9.31. The summed E-state index contributed by atoms with van der Waals surface area (Å²) in [5.74, 6) is 0.894. The maximum Gasteiger partial charge on any atom is 0.119 e. The summed E-state index contributed by atoms with van der Waals surface area (Å²) in [6.45, 7) is 4.92. The Morgan fingerprint density at radius 3 is 3.05 bits per heavy atom. The number of hydrogen-bond acceptors (Lipinski definition) is 3. The average molecular weight is 259 g/mol. The van der Waals surface area contributed by atoms with Crippen molar-refractivity contribution in [3.63, 3.8) is 0 Å². The molecule has 0 amide bonds. The molecule has 4 heteroatoms. The van der Waals surface area contributed by atoms with E-state index in [1.54, 1.807) is 7.11 Å². The van der Waals surface area contributed by atoms with Gasteiger partial charge in [-0.25, -0.2) is 4.98 Å². The Morgan fingerprint density at radius 1 is 1.37 bits per heavy atom. The summed E-state index contributed by atoms with van der Waals surface area (Å²) in [5, 5.41) is 3.30. The third-order valence-corrected chi connectivity index (χ3v) is 2.99. The standard InChI is InChI=1S/C15H21N3O/c1-3-16-8-7-14-11-18(12-17-14)10-13-5-4-6-15(9-13)19-2/h4-6,9,11-12,16H,3,7-8,10H2,1-2H3. The number of aromatic nitrogens is 2. The van der Waals surface area contributed by atoms with E-state index < -0.39 is 0 Å². The van der Waals surface area contributed by atoms with Gasteiger partial charge in [0.25, 0.3) is 0 Å². The minimum Gasteiger partial charge on any atom is -0.497 e. The van der Waals surface area contributed by atoms with Crippen LogP contribution < -0.4 is 10.1 Å². The Bertz CT molecular complexity index is 508. The van der Waals surface area contributed by atoms with Crippen molar-refractivity contribution in [2.75, 3.05) is 20.2 Å². The number of methoxy groups -OCH3 is 1. The van der Waals surface area contributed by atoms with Gasteiger partial charge in [-0.3, -0.25) is 0 Å². The SMILES string of the molecule is CCNCCc1cn(Cc2cccc(OC)c2)cn1. The van der Waals surface area contributed by atoms with Crippen LogP contribution in [0.25, 0.3) is 0 Å². The van der Waals surface area contributed by atoms with Crippen LogP contribution >= 0.6 is 0 Å². The van der Waals surface area contributed by atoms with Crippen LogP contribution in [0.3, 0.4) is 0 Å². The van der Waals surface area contributed by atoms with E-state index in [0.29, 0.717) is 0 Å². The minimum atomic E-state index is 0.825. The van der Waals surface area contributed by atoms with Crippen molar-refractivity contribution in [3.05, 3.63) is 48.0 Å². The van der Waals surface area contributed by atoms with E-state index in [-0.39, 0.29) is 0 Å². The maximum atomic E-state index is 5.23. The molecule has 0 aliphatic rings. The molecule has 4 nitrogen and oxygen atoms in total. The lowest BCUT2D eigenvalue weighted by Crippen LogP contribution is -2.16. The fourth-order valence-corrected chi connectivity index (χ4v) is 2.00. The van der Waals surface area contributed by atoms with Crippen LogP contribution in [0.1, 0.15) is 18.2 Å². The summed E-state index contributed by atoms with van der Waals surface area (Å²) >= 11 is 0. The van der Waals surface area contributed by atoms with E-state index in [4.69, 9.17) is 4.74 Å². The normalized spacial score (nSPS) is 10.6. The van der Waals surface area contributed by atoms with Gasteiger partial charge in [0, 0.05) is 25.7 Å². The molecule has 0 spiro atoms. The summed E-state index contributed by atoms with van der Waals surface area (Å²) < 4.78 is 7.34. The van der Waals surface area contributed by atoms with Crippen LogP contribution in [0.15, 0.2) is 36.8 Å². The molecule has 0 aliphatic carbocycles. The third-order valence-electron chi connectivity index (χ3n) is 2.99. The Balaban J connectivity index is 1.95. The molecule has 0 unspecified atom stereocenters. The first kappa shape index (κ1) is 13.6. The first-order valence-electron chi connectivity index (χ1n) is 6.66. The summed E-state index contributed by atoms with van der Waals surface area (Å²) in [7, 11) is 1.69. The first-order valence-corrected chi connectivity index (χ1v) is 6.66. The predicted octanol–water partition coefficient (Wildman–Crippen LogP) is 2.09. The molecule has 2 aromatic rings. The number of ether oxygens (including phenoxy) is 1. The molecule has 102 valence electrons. The van der Waals surface area contributed by atoms with Crippen molar-refractivity contribution in [2.24, 2.45) is 0 Å². The number of hydrogen-bond donors (Lipinski definition) is 1. The van der Waals surface area contributed by atoms with Gasteiger partial charge in [-0.05, 0) is 24.2 Å². The summed E-state index contributed by atoms with van der Waals surface area (Å²) in [6.07, 6.45) is 4.97. The smallest absolute Gasteiger partial charge is 0.119 e. The zero-order valence-corrected chi connectivity index (χ0v) is 11.6. The monoisotopic (exact) mass is 259 g/mol. The second-order valence-corrected chi connectivity index (χ2v) is 4.49. The molecule has 0 aliphatic heterocycles. The van der Waals surface area contributed by atoms with Crippen LogP contribution in [-0.4, -0.2) is 29.8 Å². The largest absolute Gasteiger partial charge is 0.497 e. The fraction of sp³-hybridized carbons (Fsp3) is 0.400. The highest BCUT2D eigenvalue weighted by Gasteiger charge is 2.01. The molecule has 1 aromatic carbocycles. The number of imidazole rings is 1. The predicted molar refractivity (Wildman–Crippen MR) is 76.6 cm³/mol. The van der Waals surface area contributed by atoms with E-state index in [1.807, 2.05) is 18.5 Å². The van der Waals surface area contributed by atoms with Crippen LogP contribution in [0.4, 0.5) is 0 Å². The molecule has 0 radical (unpaired) electrons. The molecule has 1 aromatic heterocycles. The zero-order chi connectivity index (χ0) is 13.5. The van der Waals surface area contributed by atoms with Gasteiger partial charge in [-0.15, -0.1) is 0 Å². The molecular formula is C15H21N3O. The van der Waals surface area contributed by atoms with E-state index >= 15 is 0 Å². The average Bonchev–Trinajstić information content (AvgIpc) is 2.87. The Morgan fingerprint density at radius 2 is 2.26 bits per heavy atom. The van der Waals surface area contributed by atoms with Gasteiger partial charge in [-0.1, -0.05) is 19.1 Å². The van der Waals surface area contributed by atoms with Crippen molar-refractivity contribution in [3.8, 4) is 5.75 Å². The van der Waals surface area contributed by atoms with E-state index in [9.17, 15) is 0 Å². The zero-order valence-electron chi connectivity index (χ0n) is 11.6. The Kier molecular flexibility index (Phi) is 4.98. The second-order valence-electron chi connectivity index (χ2n) is 4.49. The van der Waals surface area contributed by atoms with Crippen molar-refractivity contribution in [2.45, 2.75) is 19.9 Å². The molecule has 0 bridgehead atoms. The molecule has 1 heterocycles. The lowest BCUT2D eigenvalue weighted by molar-refractivity contribution is 0.414. The Labute approximate surface area is 114 Å². The summed E-state index contributed by atoms with van der Waals surface area (Å²) in [4.78, 5) is 4.42. The fourth-order valence-electron chi connectivity index (χ4n) is 2.00. The quantitative estimate of drug-likeness (QED) is 0.774. The highest BCUT2D eigenvalue weighted by Crippen LogP contribution is 2.13. The number of nitrogens with zero attached hydrogens (tertiary/aromatic N) is 2. The molecule has 1 N–H and O–H groups in total. The number of nitrogens with one attached hydrogen (secondary N) is 1. The topological polar surface area (TPSA) is 39.1 Å². The molecular weight excluding hydrogens is 238 g/mol. The lowest BCUT2D eigenvalue weighted by Gasteiger charge is -2.05. The third kappa shape index (κ3) is 4.10. The minimum absolute atomic E-state index is 0.825. The lowest BCUT2D eigenvalue weighted by atomic mass is 10.2. The molecule has 19 heavy (non-hydrogen) atoms. The summed E-state index contributed by atoms with van der Waals surface area (Å²) in [5.41, 5.74) is 2.35. The summed E-state index contributed by atoms with van der Waals surface area (Å²) in [6, 6.07) is 8.12. The Hall–Kier alpha value is -1.81. The van der Waals surface area contributed by atoms with Gasteiger partial charge in [0.15, 0.2) is 0 Å². The molecule has 0 saturated carbocycles. The number of rotatable bonds is 7. The van der Waals surface area contributed by atoms with Gasteiger partial charge in [0.05, 0.1) is 19.1 Å². The van der Waals surface area contributed by atoms with Crippen molar-refractivity contribution in [1.29, 1.82) is 0 Å². The molecule has 0 atom stereocenters. The van der Waals surface area contributed by atoms with Gasteiger partial charge in [-0.2, -0.15) is 0 Å². The van der Waals surface area contributed by atoms with Crippen LogP contribution in [-0.2, 0) is 13.0 Å². The second kappa shape index (κ2) is 6.95. The molecule has 0 fully saturated rings. The van der Waals surface area contributed by atoms with Gasteiger partial charge >= 0.3 is 0 Å². The van der Waals surface area contributed by atoms with Crippen molar-refractivity contribution < 1.29 is 4.74 Å². The van der Waals surface area contributed by atoms with Gasteiger partial charge < -0.3 is 14.6 Å². The highest BCUT2D eigenvalue weighted by atomic mass is 16.5. The van der Waals surface area contributed by atoms with Crippen molar-refractivity contribution >= 4 is 0 Å². The molecule has 0 saturated heterocycles. The van der Waals surface area contributed by atoms with Crippen molar-refractivity contribution in [1.82, 2.24) is 14.9 Å². The molecule has 2 rings (SSSR count). The van der Waals surface area contributed by atoms with Crippen LogP contribution in [0.5, 0.6) is 5.75 Å². The van der Waals surface area contributed by atoms with E-state index in [2.05, 4.69) is 40.1 Å². The van der Waals surface area contributed by atoms with Crippen LogP contribution in [0, 0.1) is 0 Å².